The molecule has 0 spiro atoms. The quantitative estimate of drug-likeness (QED) is 0.892. The average molecular weight is 251 g/mol. The third kappa shape index (κ3) is 2.69. The van der Waals surface area contributed by atoms with E-state index in [1.807, 2.05) is 6.20 Å². The fourth-order valence-electron chi connectivity index (χ4n) is 2.93. The molecule has 2 fully saturated rings. The summed E-state index contributed by atoms with van der Waals surface area (Å²) in [5, 5.41) is 7.10. The van der Waals surface area contributed by atoms with E-state index in [9.17, 15) is 0 Å². The topological polar surface area (TPSA) is 28.2 Å². The van der Waals surface area contributed by atoms with E-state index < -0.39 is 0 Å². The van der Waals surface area contributed by atoms with E-state index in [4.69, 9.17) is 0 Å². The Hall–Kier alpha value is -0.450. The third-order valence-corrected chi connectivity index (χ3v) is 4.82. The minimum Gasteiger partial charge on any atom is -0.310 e. The molecule has 94 valence electrons. The summed E-state index contributed by atoms with van der Waals surface area (Å²) in [5.41, 5.74) is 0.341. The summed E-state index contributed by atoms with van der Waals surface area (Å²) in [6, 6.07) is 0. The molecule has 2 aliphatic rings. The molecule has 3 rings (SSSR count). The first-order valence-electron chi connectivity index (χ1n) is 6.62. The van der Waals surface area contributed by atoms with Crippen LogP contribution in [0.15, 0.2) is 11.6 Å². The van der Waals surface area contributed by atoms with Crippen molar-refractivity contribution >= 4 is 11.3 Å². The SMILES string of the molecule is CC1(C2CC2)CN(Cc2nccs2)CCCN1. The van der Waals surface area contributed by atoms with E-state index in [1.165, 1.54) is 43.9 Å². The highest BCUT2D eigenvalue weighted by molar-refractivity contribution is 7.09. The van der Waals surface area contributed by atoms with E-state index >= 15 is 0 Å². The van der Waals surface area contributed by atoms with Crippen molar-refractivity contribution in [1.82, 2.24) is 15.2 Å². The molecule has 1 unspecified atom stereocenters. The van der Waals surface area contributed by atoms with E-state index in [-0.39, 0.29) is 0 Å². The molecule has 2 heterocycles. The van der Waals surface area contributed by atoms with Gasteiger partial charge in [-0.1, -0.05) is 0 Å². The van der Waals surface area contributed by atoms with Crippen LogP contribution in [0, 0.1) is 5.92 Å². The van der Waals surface area contributed by atoms with Crippen LogP contribution in [0.4, 0.5) is 0 Å². The lowest BCUT2D eigenvalue weighted by molar-refractivity contribution is 0.195. The summed E-state index contributed by atoms with van der Waals surface area (Å²) in [4.78, 5) is 6.99. The van der Waals surface area contributed by atoms with E-state index in [0.29, 0.717) is 5.54 Å². The molecule has 0 amide bonds. The molecular weight excluding hydrogens is 230 g/mol. The van der Waals surface area contributed by atoms with Crippen LogP contribution in [0.1, 0.15) is 31.2 Å². The Kier molecular flexibility index (Phi) is 3.19. The van der Waals surface area contributed by atoms with Crippen LogP contribution in [-0.2, 0) is 6.54 Å². The average Bonchev–Trinajstić information content (AvgIpc) is 3.07. The first-order chi connectivity index (χ1) is 8.26. The lowest BCUT2D eigenvalue weighted by Crippen LogP contribution is -2.50. The summed E-state index contributed by atoms with van der Waals surface area (Å²) in [5.74, 6) is 0.902. The predicted molar refractivity (Wildman–Crippen MR) is 71.1 cm³/mol. The summed E-state index contributed by atoms with van der Waals surface area (Å²) in [6.07, 6.45) is 5.99. The highest BCUT2D eigenvalue weighted by Gasteiger charge is 2.42. The minimum absolute atomic E-state index is 0.341. The summed E-state index contributed by atoms with van der Waals surface area (Å²) < 4.78 is 0. The summed E-state index contributed by atoms with van der Waals surface area (Å²) in [6.45, 7) is 6.99. The molecule has 1 saturated heterocycles. The summed E-state index contributed by atoms with van der Waals surface area (Å²) in [7, 11) is 0. The van der Waals surface area contributed by atoms with Gasteiger partial charge < -0.3 is 5.32 Å². The largest absolute Gasteiger partial charge is 0.310 e. The smallest absolute Gasteiger partial charge is 0.107 e. The Morgan fingerprint density at radius 3 is 3.18 bits per heavy atom. The van der Waals surface area contributed by atoms with Gasteiger partial charge in [-0.3, -0.25) is 4.90 Å². The predicted octanol–water partition coefficient (Wildman–Crippen LogP) is 2.11. The molecule has 1 atom stereocenters. The van der Waals surface area contributed by atoms with Gasteiger partial charge in [-0.2, -0.15) is 0 Å². The first-order valence-corrected chi connectivity index (χ1v) is 7.50. The zero-order valence-corrected chi connectivity index (χ0v) is 11.3. The molecule has 3 nitrogen and oxygen atoms in total. The Balaban J connectivity index is 1.67. The number of aromatic nitrogens is 1. The van der Waals surface area contributed by atoms with Crippen LogP contribution < -0.4 is 5.32 Å². The fourth-order valence-corrected chi connectivity index (χ4v) is 3.58. The minimum atomic E-state index is 0.341. The van der Waals surface area contributed by atoms with Gasteiger partial charge in [0.1, 0.15) is 5.01 Å². The Morgan fingerprint density at radius 2 is 2.47 bits per heavy atom. The van der Waals surface area contributed by atoms with Crippen molar-refractivity contribution < 1.29 is 0 Å². The van der Waals surface area contributed by atoms with Gasteiger partial charge in [0.25, 0.3) is 0 Å². The molecule has 1 aliphatic carbocycles. The Bertz CT molecular complexity index is 361. The Morgan fingerprint density at radius 1 is 1.59 bits per heavy atom. The van der Waals surface area contributed by atoms with Crippen LogP contribution in [0.2, 0.25) is 0 Å². The fraction of sp³-hybridized carbons (Fsp3) is 0.769. The van der Waals surface area contributed by atoms with Crippen molar-refractivity contribution in [2.24, 2.45) is 5.92 Å². The lowest BCUT2D eigenvalue weighted by Gasteiger charge is -2.33. The second-order valence-corrected chi connectivity index (χ2v) is 6.59. The first kappa shape index (κ1) is 11.6. The Labute approximate surface area is 107 Å². The molecule has 0 radical (unpaired) electrons. The summed E-state index contributed by atoms with van der Waals surface area (Å²) >= 11 is 1.77. The molecule has 0 aromatic carbocycles. The number of hydrogen-bond donors (Lipinski definition) is 1. The van der Waals surface area contributed by atoms with Gasteiger partial charge in [0.15, 0.2) is 0 Å². The van der Waals surface area contributed by atoms with Gasteiger partial charge in [-0.05, 0) is 45.2 Å². The van der Waals surface area contributed by atoms with Gasteiger partial charge in [0.2, 0.25) is 0 Å². The molecule has 1 saturated carbocycles. The van der Waals surface area contributed by atoms with Crippen LogP contribution in [0.25, 0.3) is 0 Å². The second kappa shape index (κ2) is 4.67. The monoisotopic (exact) mass is 251 g/mol. The number of rotatable bonds is 3. The van der Waals surface area contributed by atoms with Gasteiger partial charge in [0.05, 0.1) is 6.54 Å². The third-order valence-electron chi connectivity index (χ3n) is 4.05. The zero-order valence-electron chi connectivity index (χ0n) is 10.5. The highest BCUT2D eigenvalue weighted by Crippen LogP contribution is 2.40. The molecule has 1 aromatic rings. The standard InChI is InChI=1S/C13H21N3S/c1-13(11-3-4-11)10-16(7-2-5-15-13)9-12-14-6-8-17-12/h6,8,11,15H,2-5,7,9-10H2,1H3. The van der Waals surface area contributed by atoms with Crippen LogP contribution >= 0.6 is 11.3 Å². The van der Waals surface area contributed by atoms with Gasteiger partial charge in [0, 0.05) is 23.7 Å². The molecule has 1 aliphatic heterocycles. The van der Waals surface area contributed by atoms with E-state index in [1.54, 1.807) is 11.3 Å². The lowest BCUT2D eigenvalue weighted by atomic mass is 9.95. The number of hydrogen-bond acceptors (Lipinski definition) is 4. The van der Waals surface area contributed by atoms with Gasteiger partial charge in [-0.15, -0.1) is 11.3 Å². The van der Waals surface area contributed by atoms with Crippen molar-refractivity contribution in [2.45, 2.75) is 38.3 Å². The van der Waals surface area contributed by atoms with Crippen molar-refractivity contribution in [1.29, 1.82) is 0 Å². The van der Waals surface area contributed by atoms with Crippen molar-refractivity contribution in [3.8, 4) is 0 Å². The maximum absolute atomic E-state index is 4.41. The van der Waals surface area contributed by atoms with Crippen LogP contribution in [0.5, 0.6) is 0 Å². The second-order valence-electron chi connectivity index (χ2n) is 5.61. The maximum Gasteiger partial charge on any atom is 0.107 e. The van der Waals surface area contributed by atoms with Crippen LogP contribution in [-0.4, -0.2) is 35.1 Å². The number of nitrogens with zero attached hydrogens (tertiary/aromatic N) is 2. The normalized spacial score (nSPS) is 31.4. The number of nitrogens with one attached hydrogen (secondary N) is 1. The maximum atomic E-state index is 4.41. The molecule has 4 heteroatoms. The molecule has 0 bridgehead atoms. The van der Waals surface area contributed by atoms with Crippen molar-refractivity contribution in [2.75, 3.05) is 19.6 Å². The zero-order chi connectivity index (χ0) is 11.7. The van der Waals surface area contributed by atoms with Gasteiger partial charge in [-0.25, -0.2) is 4.98 Å². The van der Waals surface area contributed by atoms with Crippen molar-refractivity contribution in [3.05, 3.63) is 16.6 Å². The van der Waals surface area contributed by atoms with E-state index in [2.05, 4.69) is 27.5 Å². The molecule has 1 N–H and O–H groups in total. The van der Waals surface area contributed by atoms with Crippen LogP contribution in [0.3, 0.4) is 0 Å². The van der Waals surface area contributed by atoms with Gasteiger partial charge >= 0.3 is 0 Å². The number of thiazole rings is 1. The van der Waals surface area contributed by atoms with Crippen molar-refractivity contribution in [3.63, 3.8) is 0 Å². The molecule has 17 heavy (non-hydrogen) atoms. The molecule has 1 aromatic heterocycles. The molecular formula is C13H21N3S. The van der Waals surface area contributed by atoms with E-state index in [0.717, 1.165) is 12.5 Å². The highest BCUT2D eigenvalue weighted by atomic mass is 32.1.